The summed E-state index contributed by atoms with van der Waals surface area (Å²) in [7, 11) is -5.37. The lowest BCUT2D eigenvalue weighted by atomic mass is 9.88. The molecule has 1 heterocycles. The highest BCUT2D eigenvalue weighted by atomic mass is 32.2. The average Bonchev–Trinajstić information content (AvgIpc) is 2.24. The van der Waals surface area contributed by atoms with Gasteiger partial charge in [-0.3, -0.25) is 0 Å². The van der Waals surface area contributed by atoms with Gasteiger partial charge in [0.1, 0.15) is 5.60 Å². The molecule has 1 aromatic carbocycles. The van der Waals surface area contributed by atoms with E-state index in [2.05, 4.69) is 5.32 Å². The fourth-order valence-electron chi connectivity index (χ4n) is 1.65. The number of hydrogen-bond acceptors (Lipinski definition) is 4. The van der Waals surface area contributed by atoms with E-state index in [1.807, 2.05) is 0 Å². The van der Waals surface area contributed by atoms with Gasteiger partial charge in [-0.05, 0) is 17.7 Å². The summed E-state index contributed by atoms with van der Waals surface area (Å²) in [5.74, 6) is 0. The summed E-state index contributed by atoms with van der Waals surface area (Å²) in [5, 5.41) is 12.7. The van der Waals surface area contributed by atoms with E-state index in [-0.39, 0.29) is 18.7 Å². The smallest absolute Gasteiger partial charge is 0.382 e. The first-order valence-electron chi connectivity index (χ1n) is 5.02. The van der Waals surface area contributed by atoms with Crippen LogP contribution in [0.2, 0.25) is 0 Å². The quantitative estimate of drug-likeness (QED) is 0.840. The number of rotatable bonds is 2. The van der Waals surface area contributed by atoms with Gasteiger partial charge in [-0.15, -0.1) is 0 Å². The molecule has 18 heavy (non-hydrogen) atoms. The van der Waals surface area contributed by atoms with Crippen molar-refractivity contribution < 1.29 is 26.7 Å². The minimum absolute atomic E-state index is 0.159. The fraction of sp³-hybridized carbons (Fsp3) is 0.400. The summed E-state index contributed by atoms with van der Waals surface area (Å²) in [6.45, 7) is 0.366. The lowest BCUT2D eigenvalue weighted by Crippen LogP contribution is -2.56. The summed E-state index contributed by atoms with van der Waals surface area (Å²) < 4.78 is 59.6. The van der Waals surface area contributed by atoms with Crippen molar-refractivity contribution in [1.82, 2.24) is 5.32 Å². The Hall–Kier alpha value is -1.12. The van der Waals surface area contributed by atoms with Crippen molar-refractivity contribution in [3.8, 4) is 0 Å². The third-order valence-corrected chi connectivity index (χ3v) is 4.31. The predicted molar refractivity (Wildman–Crippen MR) is 56.4 cm³/mol. The van der Waals surface area contributed by atoms with Gasteiger partial charge in [0.15, 0.2) is 0 Å². The van der Waals surface area contributed by atoms with Crippen LogP contribution in [0, 0.1) is 0 Å². The second kappa shape index (κ2) is 3.94. The van der Waals surface area contributed by atoms with Crippen LogP contribution in [0.1, 0.15) is 5.56 Å². The average molecular weight is 281 g/mol. The first-order valence-corrected chi connectivity index (χ1v) is 6.50. The maximum absolute atomic E-state index is 12.4. The molecule has 0 amide bonds. The molecule has 1 aromatic rings. The van der Waals surface area contributed by atoms with Crippen LogP contribution < -0.4 is 5.32 Å². The second-order valence-corrected chi connectivity index (χ2v) is 6.05. The highest BCUT2D eigenvalue weighted by Gasteiger charge is 2.47. The van der Waals surface area contributed by atoms with Gasteiger partial charge < -0.3 is 10.4 Å². The first-order chi connectivity index (χ1) is 8.17. The molecule has 100 valence electrons. The Balaban J connectivity index is 2.46. The lowest BCUT2D eigenvalue weighted by Gasteiger charge is -2.38. The Labute approximate surface area is 101 Å². The van der Waals surface area contributed by atoms with Gasteiger partial charge in [0, 0.05) is 13.1 Å². The zero-order valence-corrected chi connectivity index (χ0v) is 9.85. The SMILES string of the molecule is O=S(=O)(c1cccc(C2(O)CNC2)c1)C(F)(F)F. The van der Waals surface area contributed by atoms with Gasteiger partial charge in [0.25, 0.3) is 9.84 Å². The number of β-amino-alcohol motifs (C(OH)–C–C–N with tert-alkyl or cyclic N) is 1. The van der Waals surface area contributed by atoms with Crippen molar-refractivity contribution in [3.05, 3.63) is 29.8 Å². The number of benzene rings is 1. The van der Waals surface area contributed by atoms with E-state index < -0.39 is 25.8 Å². The molecule has 0 spiro atoms. The van der Waals surface area contributed by atoms with E-state index in [1.165, 1.54) is 12.1 Å². The fourth-order valence-corrected chi connectivity index (χ4v) is 2.46. The number of aliphatic hydroxyl groups is 1. The summed E-state index contributed by atoms with van der Waals surface area (Å²) in [4.78, 5) is -0.854. The van der Waals surface area contributed by atoms with Gasteiger partial charge >= 0.3 is 5.51 Å². The maximum atomic E-state index is 12.4. The van der Waals surface area contributed by atoms with Crippen LogP contribution in [0.5, 0.6) is 0 Å². The second-order valence-electron chi connectivity index (χ2n) is 4.11. The van der Waals surface area contributed by atoms with Gasteiger partial charge in [0.05, 0.1) is 4.90 Å². The van der Waals surface area contributed by atoms with Gasteiger partial charge in [-0.25, -0.2) is 8.42 Å². The molecule has 0 aliphatic carbocycles. The molecule has 0 radical (unpaired) electrons. The van der Waals surface area contributed by atoms with E-state index in [0.29, 0.717) is 0 Å². The minimum Gasteiger partial charge on any atom is -0.382 e. The monoisotopic (exact) mass is 281 g/mol. The van der Waals surface area contributed by atoms with Crippen LogP contribution in [-0.2, 0) is 15.4 Å². The molecular formula is C10H10F3NO3S. The summed E-state index contributed by atoms with van der Waals surface area (Å²) in [5.41, 5.74) is -6.48. The number of sulfone groups is 1. The van der Waals surface area contributed by atoms with E-state index in [0.717, 1.165) is 12.1 Å². The first kappa shape index (κ1) is 13.3. The normalized spacial score (nSPS) is 19.3. The minimum atomic E-state index is -5.37. The summed E-state index contributed by atoms with van der Waals surface area (Å²) in [6.07, 6.45) is 0. The van der Waals surface area contributed by atoms with Crippen molar-refractivity contribution >= 4 is 9.84 Å². The number of hydrogen-bond donors (Lipinski definition) is 2. The zero-order valence-electron chi connectivity index (χ0n) is 9.03. The van der Waals surface area contributed by atoms with E-state index in [4.69, 9.17) is 0 Å². The van der Waals surface area contributed by atoms with E-state index in [9.17, 15) is 26.7 Å². The van der Waals surface area contributed by atoms with Crippen LogP contribution in [0.25, 0.3) is 0 Å². The molecule has 0 saturated carbocycles. The van der Waals surface area contributed by atoms with Crippen LogP contribution in [0.3, 0.4) is 0 Å². The molecule has 1 aliphatic rings. The third-order valence-electron chi connectivity index (χ3n) is 2.82. The van der Waals surface area contributed by atoms with Crippen molar-refractivity contribution in [3.63, 3.8) is 0 Å². The molecule has 8 heteroatoms. The Morgan fingerprint density at radius 1 is 1.28 bits per heavy atom. The molecule has 0 aromatic heterocycles. The van der Waals surface area contributed by atoms with Crippen LogP contribution in [-0.4, -0.2) is 32.1 Å². The van der Waals surface area contributed by atoms with Crippen molar-refractivity contribution in [2.75, 3.05) is 13.1 Å². The van der Waals surface area contributed by atoms with Gasteiger partial charge in [-0.2, -0.15) is 13.2 Å². The van der Waals surface area contributed by atoms with Crippen molar-refractivity contribution in [1.29, 1.82) is 0 Å². The Morgan fingerprint density at radius 3 is 2.33 bits per heavy atom. The predicted octanol–water partition coefficient (Wildman–Crippen LogP) is 0.771. The maximum Gasteiger partial charge on any atom is 0.501 e. The number of halogens is 3. The standard InChI is InChI=1S/C10H10F3NO3S/c11-10(12,13)18(16,17)8-3-1-2-7(4-8)9(15)5-14-6-9/h1-4,14-15H,5-6H2. The van der Waals surface area contributed by atoms with E-state index >= 15 is 0 Å². The molecule has 1 saturated heterocycles. The Bertz CT molecular complexity index is 564. The number of alkyl halides is 3. The molecule has 4 nitrogen and oxygen atoms in total. The summed E-state index contributed by atoms with van der Waals surface area (Å²) in [6, 6.07) is 4.31. The van der Waals surface area contributed by atoms with Crippen molar-refractivity contribution in [2.24, 2.45) is 0 Å². The zero-order chi connectivity index (χ0) is 13.6. The molecular weight excluding hydrogens is 271 g/mol. The Kier molecular flexibility index (Phi) is 2.91. The highest BCUT2D eigenvalue weighted by Crippen LogP contribution is 2.33. The van der Waals surface area contributed by atoms with Gasteiger partial charge in [-0.1, -0.05) is 12.1 Å². The molecule has 0 bridgehead atoms. The van der Waals surface area contributed by atoms with Crippen molar-refractivity contribution in [2.45, 2.75) is 16.0 Å². The largest absolute Gasteiger partial charge is 0.501 e. The molecule has 2 rings (SSSR count). The third kappa shape index (κ3) is 2.00. The molecule has 2 N–H and O–H groups in total. The molecule has 0 unspecified atom stereocenters. The van der Waals surface area contributed by atoms with E-state index in [1.54, 1.807) is 0 Å². The highest BCUT2D eigenvalue weighted by molar-refractivity contribution is 7.92. The lowest BCUT2D eigenvalue weighted by molar-refractivity contribution is -0.0437. The molecule has 1 fully saturated rings. The van der Waals surface area contributed by atoms with Crippen LogP contribution in [0.4, 0.5) is 13.2 Å². The van der Waals surface area contributed by atoms with Crippen LogP contribution in [0.15, 0.2) is 29.2 Å². The molecule has 1 aliphatic heterocycles. The Morgan fingerprint density at radius 2 is 1.89 bits per heavy atom. The molecule has 0 atom stereocenters. The number of nitrogens with one attached hydrogen (secondary N) is 1. The van der Waals surface area contributed by atoms with Gasteiger partial charge in [0.2, 0.25) is 0 Å². The summed E-state index contributed by atoms with van der Waals surface area (Å²) >= 11 is 0. The topological polar surface area (TPSA) is 66.4 Å². The van der Waals surface area contributed by atoms with Crippen LogP contribution >= 0.6 is 0 Å².